The number of nitrogens with zero attached hydrogens (tertiary/aromatic N) is 1. The first-order valence-corrected chi connectivity index (χ1v) is 11.7. The summed E-state index contributed by atoms with van der Waals surface area (Å²) in [7, 11) is 0. The number of nitrogens with one attached hydrogen (secondary N) is 2. The lowest BCUT2D eigenvalue weighted by molar-refractivity contribution is -0.115. The van der Waals surface area contributed by atoms with Crippen molar-refractivity contribution in [3.05, 3.63) is 58.6 Å². The van der Waals surface area contributed by atoms with Crippen LogP contribution in [0.5, 0.6) is 0 Å². The van der Waals surface area contributed by atoms with E-state index in [0.717, 1.165) is 36.8 Å². The van der Waals surface area contributed by atoms with Gasteiger partial charge in [0, 0.05) is 44.3 Å². The van der Waals surface area contributed by atoms with Gasteiger partial charge < -0.3 is 10.6 Å². The number of carbonyl (C=O) groups excluding carboxylic acids is 2. The predicted octanol–water partition coefficient (Wildman–Crippen LogP) is 5.60. The Morgan fingerprint density at radius 2 is 2.07 bits per heavy atom. The molecule has 0 bridgehead atoms. The molecule has 0 saturated heterocycles. The molecule has 4 rings (SSSR count). The number of hydrogen-bond acceptors (Lipinski definition) is 6. The Morgan fingerprint density at radius 1 is 1.21 bits per heavy atom. The number of benzene rings is 2. The summed E-state index contributed by atoms with van der Waals surface area (Å²) < 4.78 is 1.00. The lowest BCUT2D eigenvalue weighted by Gasteiger charge is -2.12. The van der Waals surface area contributed by atoms with Gasteiger partial charge in [-0.15, -0.1) is 23.1 Å². The zero-order valence-corrected chi connectivity index (χ0v) is 18.4. The van der Waals surface area contributed by atoms with Crippen molar-refractivity contribution in [2.75, 3.05) is 16.4 Å². The quantitative estimate of drug-likeness (QED) is 0.552. The summed E-state index contributed by atoms with van der Waals surface area (Å²) in [5.74, 6) is 0.526. The van der Waals surface area contributed by atoms with E-state index >= 15 is 0 Å². The molecule has 29 heavy (non-hydrogen) atoms. The molecule has 0 fully saturated rings. The summed E-state index contributed by atoms with van der Waals surface area (Å²) in [5, 5.41) is 7.89. The lowest BCUT2D eigenvalue weighted by atomic mass is 10.1. The second-order valence-electron chi connectivity index (χ2n) is 6.65. The van der Waals surface area contributed by atoms with Crippen LogP contribution in [0.3, 0.4) is 0 Å². The van der Waals surface area contributed by atoms with Crippen LogP contribution in [0.4, 0.5) is 11.4 Å². The molecule has 0 atom stereocenters. The zero-order valence-electron chi connectivity index (χ0n) is 15.9. The summed E-state index contributed by atoms with van der Waals surface area (Å²) in [6.45, 7) is 3.96. The van der Waals surface area contributed by atoms with E-state index in [-0.39, 0.29) is 11.8 Å². The van der Waals surface area contributed by atoms with Crippen molar-refractivity contribution in [3.63, 3.8) is 0 Å². The van der Waals surface area contributed by atoms with Gasteiger partial charge in [0.25, 0.3) is 5.91 Å². The van der Waals surface area contributed by atoms with E-state index in [1.807, 2.05) is 43.5 Å². The van der Waals surface area contributed by atoms with Gasteiger partial charge in [-0.25, -0.2) is 4.98 Å². The third-order valence-corrected chi connectivity index (χ3v) is 7.47. The Morgan fingerprint density at radius 3 is 2.83 bits per heavy atom. The highest BCUT2D eigenvalue weighted by molar-refractivity contribution is 8.01. The maximum Gasteiger partial charge on any atom is 0.255 e. The molecule has 1 aromatic heterocycles. The maximum absolute atomic E-state index is 12.8. The second-order valence-corrected chi connectivity index (χ2v) is 9.96. The first-order chi connectivity index (χ1) is 14.0. The minimum atomic E-state index is -0.199. The van der Waals surface area contributed by atoms with Gasteiger partial charge in [-0.2, -0.15) is 0 Å². The lowest BCUT2D eigenvalue weighted by Crippen LogP contribution is -2.14. The first-order valence-electron chi connectivity index (χ1n) is 9.06. The second kappa shape index (κ2) is 8.61. The van der Waals surface area contributed by atoms with Gasteiger partial charge >= 0.3 is 0 Å². The topological polar surface area (TPSA) is 71.1 Å². The number of hydrogen-bond donors (Lipinski definition) is 2. The number of thiazole rings is 1. The summed E-state index contributed by atoms with van der Waals surface area (Å²) in [6, 6.07) is 11.4. The number of anilines is 2. The van der Waals surface area contributed by atoms with Gasteiger partial charge in [-0.1, -0.05) is 11.8 Å². The zero-order chi connectivity index (χ0) is 20.4. The van der Waals surface area contributed by atoms with Gasteiger partial charge in [-0.05, 0) is 55.8 Å². The van der Waals surface area contributed by atoms with Crippen LogP contribution in [0.25, 0.3) is 0 Å². The monoisotopic (exact) mass is 441 g/mol. The molecular weight excluding hydrogens is 422 g/mol. The van der Waals surface area contributed by atoms with Crippen LogP contribution < -0.4 is 10.6 Å². The molecule has 2 heterocycles. The van der Waals surface area contributed by atoms with Crippen LogP contribution in [0.2, 0.25) is 0 Å². The van der Waals surface area contributed by atoms with Crippen molar-refractivity contribution in [2.24, 2.45) is 0 Å². The fourth-order valence-corrected chi connectivity index (χ4v) is 5.72. The van der Waals surface area contributed by atoms with Crippen molar-refractivity contribution in [2.45, 2.75) is 34.4 Å². The van der Waals surface area contributed by atoms with E-state index in [9.17, 15) is 9.59 Å². The number of amides is 2. The van der Waals surface area contributed by atoms with Crippen LogP contribution in [-0.4, -0.2) is 22.6 Å². The molecule has 0 saturated carbocycles. The smallest absolute Gasteiger partial charge is 0.255 e. The number of aromatic nitrogens is 1. The van der Waals surface area contributed by atoms with Gasteiger partial charge in [0.1, 0.15) is 0 Å². The summed E-state index contributed by atoms with van der Waals surface area (Å²) in [6.07, 6.45) is 0.477. The summed E-state index contributed by atoms with van der Waals surface area (Å²) in [5.41, 5.74) is 3.99. The Kier molecular flexibility index (Phi) is 5.94. The fraction of sp³-hybridized carbons (Fsp3) is 0.190. The minimum absolute atomic E-state index is 0.0202. The SMILES string of the molecule is Cc1csc(Sc2ccc(NC(=O)c3ccc4c(c3)NC(=O)CCS4)c(C)c2)n1. The molecule has 148 valence electrons. The van der Waals surface area contributed by atoms with Crippen LogP contribution >= 0.6 is 34.9 Å². The van der Waals surface area contributed by atoms with Gasteiger partial charge in [-0.3, -0.25) is 9.59 Å². The molecule has 2 aromatic carbocycles. The molecule has 1 aliphatic rings. The highest BCUT2D eigenvalue weighted by Gasteiger charge is 2.16. The van der Waals surface area contributed by atoms with Crippen molar-refractivity contribution >= 4 is 58.0 Å². The number of carbonyl (C=O) groups is 2. The van der Waals surface area contributed by atoms with Gasteiger partial charge in [0.2, 0.25) is 5.91 Å². The van der Waals surface area contributed by atoms with Crippen LogP contribution in [0.1, 0.15) is 28.0 Å². The fourth-order valence-electron chi connectivity index (χ4n) is 2.88. The molecule has 5 nitrogen and oxygen atoms in total. The number of fused-ring (bicyclic) bond motifs is 1. The van der Waals surface area contributed by atoms with E-state index in [1.165, 1.54) is 0 Å². The molecule has 0 unspecified atom stereocenters. The van der Waals surface area contributed by atoms with E-state index in [0.29, 0.717) is 17.7 Å². The van der Waals surface area contributed by atoms with E-state index in [1.54, 1.807) is 47.0 Å². The van der Waals surface area contributed by atoms with Crippen molar-refractivity contribution in [1.29, 1.82) is 0 Å². The third kappa shape index (κ3) is 4.83. The Labute approximate surface area is 181 Å². The molecular formula is C21H19N3O2S3. The molecule has 1 aliphatic heterocycles. The van der Waals surface area contributed by atoms with Crippen molar-refractivity contribution in [1.82, 2.24) is 4.98 Å². The van der Waals surface area contributed by atoms with Crippen molar-refractivity contribution in [3.8, 4) is 0 Å². The average Bonchev–Trinajstić information content (AvgIpc) is 2.99. The molecule has 2 amide bonds. The Bertz CT molecular complexity index is 1090. The molecule has 0 aliphatic carbocycles. The third-order valence-electron chi connectivity index (χ3n) is 4.35. The maximum atomic E-state index is 12.8. The van der Waals surface area contributed by atoms with Crippen LogP contribution in [0.15, 0.2) is 55.9 Å². The molecule has 8 heteroatoms. The average molecular weight is 442 g/mol. The predicted molar refractivity (Wildman–Crippen MR) is 121 cm³/mol. The van der Waals surface area contributed by atoms with Gasteiger partial charge in [0.15, 0.2) is 4.34 Å². The highest BCUT2D eigenvalue weighted by Crippen LogP contribution is 2.33. The number of rotatable bonds is 4. The van der Waals surface area contributed by atoms with Crippen LogP contribution in [-0.2, 0) is 4.79 Å². The van der Waals surface area contributed by atoms with Crippen LogP contribution in [0, 0.1) is 13.8 Å². The summed E-state index contributed by atoms with van der Waals surface area (Å²) >= 11 is 4.86. The Balaban J connectivity index is 1.49. The Hall–Kier alpha value is -2.29. The molecule has 3 aromatic rings. The largest absolute Gasteiger partial charge is 0.325 e. The van der Waals surface area contributed by atoms with Crippen molar-refractivity contribution < 1.29 is 9.59 Å². The molecule has 0 radical (unpaired) electrons. The normalized spacial score (nSPS) is 13.4. The van der Waals surface area contributed by atoms with E-state index in [4.69, 9.17) is 0 Å². The standard InChI is InChI=1S/C21H19N3O2S3/c1-12-9-15(29-21-22-13(2)11-28-21)4-5-16(12)24-20(26)14-3-6-18-17(10-14)23-19(25)7-8-27-18/h3-6,9-11H,7-8H2,1-2H3,(H,23,25)(H,24,26). The minimum Gasteiger partial charge on any atom is -0.325 e. The molecule has 0 spiro atoms. The van der Waals surface area contributed by atoms with E-state index in [2.05, 4.69) is 15.6 Å². The summed E-state index contributed by atoms with van der Waals surface area (Å²) in [4.78, 5) is 31.1. The highest BCUT2D eigenvalue weighted by atomic mass is 32.2. The first kappa shape index (κ1) is 20.0. The van der Waals surface area contributed by atoms with Gasteiger partial charge in [0.05, 0.1) is 5.69 Å². The number of thioether (sulfide) groups is 1. The molecule has 2 N–H and O–H groups in total. The van der Waals surface area contributed by atoms with E-state index < -0.39 is 0 Å². The number of aryl methyl sites for hydroxylation is 2.